The van der Waals surface area contributed by atoms with Gasteiger partial charge in [-0.15, -0.1) is 0 Å². The van der Waals surface area contributed by atoms with E-state index in [1.54, 1.807) is 0 Å². The minimum Gasteiger partial charge on any atom is -0.368 e. The number of rotatable bonds is 6. The van der Waals surface area contributed by atoms with Crippen LogP contribution in [-0.2, 0) is 13.1 Å². The molecule has 5 heteroatoms. The summed E-state index contributed by atoms with van der Waals surface area (Å²) < 4.78 is 0. The van der Waals surface area contributed by atoms with Crippen LogP contribution in [0.15, 0.2) is 67.0 Å². The first kappa shape index (κ1) is 18.4. The van der Waals surface area contributed by atoms with E-state index in [0.717, 1.165) is 50.8 Å². The van der Waals surface area contributed by atoms with E-state index in [9.17, 15) is 0 Å². The molecule has 0 amide bonds. The van der Waals surface area contributed by atoms with Crippen molar-refractivity contribution in [1.82, 2.24) is 15.3 Å². The fraction of sp³-hybridized carbons (Fsp3) is 0.304. The number of anilines is 2. The van der Waals surface area contributed by atoms with Crippen molar-refractivity contribution >= 4 is 11.5 Å². The van der Waals surface area contributed by atoms with E-state index < -0.39 is 0 Å². The topological polar surface area (TPSA) is 44.3 Å². The van der Waals surface area contributed by atoms with Crippen LogP contribution in [0.1, 0.15) is 16.8 Å². The van der Waals surface area contributed by atoms with Gasteiger partial charge in [0.15, 0.2) is 0 Å². The summed E-state index contributed by atoms with van der Waals surface area (Å²) in [6.07, 6.45) is 3.73. The molecule has 0 radical (unpaired) electrons. The number of piperazine rings is 1. The molecule has 3 aromatic rings. The number of aromatic nitrogens is 2. The van der Waals surface area contributed by atoms with Crippen LogP contribution in [0.3, 0.4) is 0 Å². The number of hydrogen-bond donors (Lipinski definition) is 1. The molecule has 0 saturated carbocycles. The van der Waals surface area contributed by atoms with E-state index in [2.05, 4.69) is 57.4 Å². The van der Waals surface area contributed by atoms with E-state index in [1.165, 1.54) is 16.8 Å². The van der Waals surface area contributed by atoms with E-state index in [4.69, 9.17) is 4.98 Å². The summed E-state index contributed by atoms with van der Waals surface area (Å²) in [6, 6.07) is 18.8. The van der Waals surface area contributed by atoms with Gasteiger partial charge in [0.25, 0.3) is 0 Å². The number of pyridine rings is 2. The lowest BCUT2D eigenvalue weighted by Crippen LogP contribution is -2.47. The number of hydrogen-bond acceptors (Lipinski definition) is 5. The second-order valence-electron chi connectivity index (χ2n) is 7.17. The minimum atomic E-state index is 0.760. The normalized spacial score (nSPS) is 14.3. The third-order valence-electron chi connectivity index (χ3n) is 5.25. The van der Waals surface area contributed by atoms with Gasteiger partial charge in [0.2, 0.25) is 0 Å². The highest BCUT2D eigenvalue weighted by Crippen LogP contribution is 2.24. The number of benzene rings is 1. The lowest BCUT2D eigenvalue weighted by atomic mass is 10.1. The highest BCUT2D eigenvalue weighted by molar-refractivity contribution is 5.55. The Kier molecular flexibility index (Phi) is 5.83. The standard InChI is InChI=1S/C23H27N5/c1-19-7-2-3-10-22(19)27-13-15-28(16-14-27)23-20(8-6-12-26-23)17-24-18-21-9-4-5-11-25-21/h2-12,24H,13-18H2,1H3. The van der Waals surface area contributed by atoms with Crippen LogP contribution in [0.25, 0.3) is 0 Å². The minimum absolute atomic E-state index is 0.760. The molecule has 0 spiro atoms. The second-order valence-corrected chi connectivity index (χ2v) is 7.17. The molecule has 5 nitrogen and oxygen atoms in total. The molecular weight excluding hydrogens is 346 g/mol. The first-order chi connectivity index (χ1) is 13.8. The molecular formula is C23H27N5. The molecule has 0 unspecified atom stereocenters. The van der Waals surface area contributed by atoms with Gasteiger partial charge in [-0.05, 0) is 36.8 Å². The van der Waals surface area contributed by atoms with Crippen molar-refractivity contribution in [3.63, 3.8) is 0 Å². The summed E-state index contributed by atoms with van der Waals surface area (Å²) in [5.74, 6) is 1.10. The van der Waals surface area contributed by atoms with E-state index in [0.29, 0.717) is 0 Å². The van der Waals surface area contributed by atoms with Crippen molar-refractivity contribution in [2.75, 3.05) is 36.0 Å². The molecule has 28 heavy (non-hydrogen) atoms. The largest absolute Gasteiger partial charge is 0.368 e. The lowest BCUT2D eigenvalue weighted by molar-refractivity contribution is 0.633. The van der Waals surface area contributed by atoms with Crippen LogP contribution < -0.4 is 15.1 Å². The molecule has 4 rings (SSSR count). The third kappa shape index (κ3) is 4.31. The molecule has 1 N–H and O–H groups in total. The fourth-order valence-corrected chi connectivity index (χ4v) is 3.76. The molecule has 1 aliphatic rings. The van der Waals surface area contributed by atoms with Gasteiger partial charge in [-0.1, -0.05) is 30.3 Å². The predicted molar refractivity (Wildman–Crippen MR) is 115 cm³/mol. The maximum absolute atomic E-state index is 4.70. The van der Waals surface area contributed by atoms with E-state index in [1.807, 2.05) is 36.7 Å². The number of nitrogens with one attached hydrogen (secondary N) is 1. The van der Waals surface area contributed by atoms with Gasteiger partial charge in [-0.2, -0.15) is 0 Å². The molecule has 0 atom stereocenters. The Bertz CT molecular complexity index is 888. The van der Waals surface area contributed by atoms with Crippen LogP contribution in [0.5, 0.6) is 0 Å². The van der Waals surface area contributed by atoms with Crippen molar-refractivity contribution in [2.24, 2.45) is 0 Å². The Morgan fingerprint density at radius 3 is 2.32 bits per heavy atom. The van der Waals surface area contributed by atoms with Crippen LogP contribution in [0.4, 0.5) is 11.5 Å². The monoisotopic (exact) mass is 373 g/mol. The van der Waals surface area contributed by atoms with Crippen molar-refractivity contribution in [3.05, 3.63) is 83.8 Å². The van der Waals surface area contributed by atoms with Crippen molar-refractivity contribution < 1.29 is 0 Å². The summed E-state index contributed by atoms with van der Waals surface area (Å²) in [5.41, 5.74) is 4.98. The van der Waals surface area contributed by atoms with Crippen LogP contribution in [0, 0.1) is 6.92 Å². The Morgan fingerprint density at radius 1 is 0.786 bits per heavy atom. The molecule has 0 aliphatic carbocycles. The SMILES string of the molecule is Cc1ccccc1N1CCN(c2ncccc2CNCc2ccccn2)CC1. The zero-order chi connectivity index (χ0) is 19.2. The molecule has 144 valence electrons. The average Bonchev–Trinajstić information content (AvgIpc) is 2.75. The highest BCUT2D eigenvalue weighted by Gasteiger charge is 2.20. The van der Waals surface area contributed by atoms with Gasteiger partial charge in [-0.25, -0.2) is 4.98 Å². The average molecular weight is 374 g/mol. The summed E-state index contributed by atoms with van der Waals surface area (Å²) in [4.78, 5) is 14.0. The van der Waals surface area contributed by atoms with Crippen molar-refractivity contribution in [1.29, 1.82) is 0 Å². The summed E-state index contributed by atoms with van der Waals surface area (Å²) in [6.45, 7) is 7.74. The van der Waals surface area contributed by atoms with Gasteiger partial charge >= 0.3 is 0 Å². The fourth-order valence-electron chi connectivity index (χ4n) is 3.76. The molecule has 1 saturated heterocycles. The van der Waals surface area contributed by atoms with Gasteiger partial charge in [0.05, 0.1) is 5.69 Å². The highest BCUT2D eigenvalue weighted by atomic mass is 15.3. The zero-order valence-electron chi connectivity index (χ0n) is 16.4. The second kappa shape index (κ2) is 8.85. The van der Waals surface area contributed by atoms with Gasteiger partial charge in [0, 0.05) is 62.9 Å². The molecule has 3 heterocycles. The predicted octanol–water partition coefficient (Wildman–Crippen LogP) is 3.40. The first-order valence-electron chi connectivity index (χ1n) is 9.91. The maximum Gasteiger partial charge on any atom is 0.133 e. The molecule has 1 aliphatic heterocycles. The maximum atomic E-state index is 4.70. The van der Waals surface area contributed by atoms with Crippen molar-refractivity contribution in [2.45, 2.75) is 20.0 Å². The quantitative estimate of drug-likeness (QED) is 0.717. The Hall–Kier alpha value is -2.92. The zero-order valence-corrected chi connectivity index (χ0v) is 16.4. The molecule has 0 bridgehead atoms. The lowest BCUT2D eigenvalue weighted by Gasteiger charge is -2.38. The first-order valence-corrected chi connectivity index (χ1v) is 9.91. The van der Waals surface area contributed by atoms with Gasteiger partial charge < -0.3 is 15.1 Å². The smallest absolute Gasteiger partial charge is 0.133 e. The summed E-state index contributed by atoms with van der Waals surface area (Å²) in [7, 11) is 0. The molecule has 1 fully saturated rings. The number of aryl methyl sites for hydroxylation is 1. The van der Waals surface area contributed by atoms with Crippen LogP contribution >= 0.6 is 0 Å². The third-order valence-corrected chi connectivity index (χ3v) is 5.25. The Balaban J connectivity index is 1.38. The number of nitrogens with zero attached hydrogens (tertiary/aromatic N) is 4. The van der Waals surface area contributed by atoms with Crippen LogP contribution in [0.2, 0.25) is 0 Å². The van der Waals surface area contributed by atoms with Gasteiger partial charge in [-0.3, -0.25) is 4.98 Å². The Labute approximate surface area is 167 Å². The number of para-hydroxylation sites is 1. The summed E-state index contributed by atoms with van der Waals surface area (Å²) in [5, 5.41) is 3.50. The van der Waals surface area contributed by atoms with Gasteiger partial charge in [0.1, 0.15) is 5.82 Å². The summed E-state index contributed by atoms with van der Waals surface area (Å²) >= 11 is 0. The Morgan fingerprint density at radius 2 is 1.54 bits per heavy atom. The van der Waals surface area contributed by atoms with E-state index in [-0.39, 0.29) is 0 Å². The van der Waals surface area contributed by atoms with E-state index >= 15 is 0 Å². The molecule has 1 aromatic carbocycles. The molecule has 2 aromatic heterocycles. The van der Waals surface area contributed by atoms with Crippen LogP contribution in [-0.4, -0.2) is 36.1 Å². The van der Waals surface area contributed by atoms with Crippen molar-refractivity contribution in [3.8, 4) is 0 Å².